The molecule has 0 aromatic carbocycles. The van der Waals surface area contributed by atoms with E-state index in [1.54, 1.807) is 0 Å². The third kappa shape index (κ3) is 12.9. The fourth-order valence-corrected chi connectivity index (χ4v) is 2.09. The molecule has 0 radical (unpaired) electrons. The van der Waals surface area contributed by atoms with E-state index >= 15 is 0 Å². The van der Waals surface area contributed by atoms with Gasteiger partial charge in [0.25, 0.3) is 0 Å². The van der Waals surface area contributed by atoms with Crippen LogP contribution in [0.15, 0.2) is 0 Å². The summed E-state index contributed by atoms with van der Waals surface area (Å²) in [5.41, 5.74) is 0. The van der Waals surface area contributed by atoms with Crippen molar-refractivity contribution in [3.05, 3.63) is 0 Å². The molecule has 0 fully saturated rings. The number of hydrogen-bond donors (Lipinski definition) is 2. The van der Waals surface area contributed by atoms with Gasteiger partial charge in [0, 0.05) is 12.8 Å². The molecule has 2 nitrogen and oxygen atoms in total. The molecular weight excluding hydrogens is 276 g/mol. The van der Waals surface area contributed by atoms with Crippen LogP contribution in [-0.2, 0) is 9.53 Å². The highest BCUT2D eigenvalue weighted by molar-refractivity contribution is 8.00. The summed E-state index contributed by atoms with van der Waals surface area (Å²) in [4.78, 5) is 11.5. The Bertz CT molecular complexity index is 230. The molecule has 0 bridgehead atoms. The second-order valence-corrected chi connectivity index (χ2v) is 6.95. The molecule has 0 aliphatic carbocycles. The summed E-state index contributed by atoms with van der Waals surface area (Å²) in [6.07, 6.45) is 12.3. The maximum Gasteiger partial charge on any atom is 0.307 e. The second kappa shape index (κ2) is 12.0. The average molecular weight is 307 g/mol. The molecule has 0 atom stereocenters. The van der Waals surface area contributed by atoms with Gasteiger partial charge < -0.3 is 4.74 Å². The number of carbonyl (C=O) groups excluding carboxylic acids is 1. The molecule has 0 aromatic rings. The molecule has 0 saturated carbocycles. The molecule has 4 heteroatoms. The zero-order valence-electron chi connectivity index (χ0n) is 12.5. The van der Waals surface area contributed by atoms with Crippen LogP contribution in [0.25, 0.3) is 0 Å². The van der Waals surface area contributed by atoms with Crippen LogP contribution in [0.1, 0.15) is 84.5 Å². The summed E-state index contributed by atoms with van der Waals surface area (Å²) in [6.45, 7) is 4.13. The number of unbranched alkanes of at least 4 members (excludes halogenated alkanes) is 8. The Kier molecular flexibility index (Phi) is 12.1. The third-order valence-electron chi connectivity index (χ3n) is 3.22. The van der Waals surface area contributed by atoms with Crippen molar-refractivity contribution in [1.29, 1.82) is 0 Å². The van der Waals surface area contributed by atoms with Crippen molar-refractivity contribution in [2.75, 3.05) is 0 Å². The summed E-state index contributed by atoms with van der Waals surface area (Å²) in [5.74, 6) is -0.185. The Morgan fingerprint density at radius 1 is 0.895 bits per heavy atom. The van der Waals surface area contributed by atoms with Crippen molar-refractivity contribution >= 4 is 31.2 Å². The van der Waals surface area contributed by atoms with Gasteiger partial charge in [-0.3, -0.25) is 4.79 Å². The minimum absolute atomic E-state index is 0.185. The van der Waals surface area contributed by atoms with E-state index in [0.717, 1.165) is 12.8 Å². The fraction of sp³-hybridized carbons (Fsp3) is 0.933. The molecular formula is C15H30O2S2. The standard InChI is InChI=1S/C15H30O2S2/c1-3-5-6-7-8-9-10-11-12-13-14(16)17-15(18,19)4-2/h18-19H,3-13H2,1-2H3. The summed E-state index contributed by atoms with van der Waals surface area (Å²) < 4.78 is 4.24. The Labute approximate surface area is 129 Å². The van der Waals surface area contributed by atoms with Crippen LogP contribution in [0.2, 0.25) is 0 Å². The smallest absolute Gasteiger partial charge is 0.307 e. The summed E-state index contributed by atoms with van der Waals surface area (Å²) >= 11 is 8.33. The van der Waals surface area contributed by atoms with E-state index in [1.807, 2.05) is 6.92 Å². The lowest BCUT2D eigenvalue weighted by Crippen LogP contribution is -2.21. The van der Waals surface area contributed by atoms with Gasteiger partial charge in [-0.15, -0.1) is 25.3 Å². The van der Waals surface area contributed by atoms with Crippen LogP contribution in [0.3, 0.4) is 0 Å². The molecule has 0 heterocycles. The van der Waals surface area contributed by atoms with Crippen molar-refractivity contribution < 1.29 is 9.53 Å². The first-order chi connectivity index (χ1) is 9.02. The highest BCUT2D eigenvalue weighted by Crippen LogP contribution is 2.26. The van der Waals surface area contributed by atoms with Gasteiger partial charge in [-0.2, -0.15) is 0 Å². The number of rotatable bonds is 12. The van der Waals surface area contributed by atoms with E-state index in [-0.39, 0.29) is 5.97 Å². The molecule has 0 spiro atoms. The van der Waals surface area contributed by atoms with Gasteiger partial charge in [0.05, 0.1) is 0 Å². The molecule has 19 heavy (non-hydrogen) atoms. The zero-order chi connectivity index (χ0) is 14.6. The number of carbonyl (C=O) groups is 1. The van der Waals surface area contributed by atoms with Crippen molar-refractivity contribution in [2.24, 2.45) is 0 Å². The monoisotopic (exact) mass is 306 g/mol. The van der Waals surface area contributed by atoms with Crippen LogP contribution >= 0.6 is 25.3 Å². The molecule has 0 aromatic heterocycles. The third-order valence-corrected chi connectivity index (χ3v) is 4.04. The predicted molar refractivity (Wildman–Crippen MR) is 88.9 cm³/mol. The van der Waals surface area contributed by atoms with Crippen molar-refractivity contribution in [1.82, 2.24) is 0 Å². The first kappa shape index (κ1) is 19.2. The Morgan fingerprint density at radius 2 is 1.37 bits per heavy atom. The lowest BCUT2D eigenvalue weighted by atomic mass is 10.1. The summed E-state index contributed by atoms with van der Waals surface area (Å²) in [7, 11) is 0. The molecule has 0 unspecified atom stereocenters. The van der Waals surface area contributed by atoms with Crippen molar-refractivity contribution in [3.8, 4) is 0 Å². The predicted octanol–water partition coefficient (Wildman–Crippen LogP) is 5.37. The van der Waals surface area contributed by atoms with E-state index in [1.165, 1.54) is 44.9 Å². The second-order valence-electron chi connectivity index (χ2n) is 5.15. The number of thiol groups is 2. The summed E-state index contributed by atoms with van der Waals surface area (Å²) in [6, 6.07) is 0. The molecule has 0 N–H and O–H groups in total. The quantitative estimate of drug-likeness (QED) is 0.219. The zero-order valence-corrected chi connectivity index (χ0v) is 14.3. The van der Waals surface area contributed by atoms with Crippen LogP contribution in [0.4, 0.5) is 0 Å². The first-order valence-electron chi connectivity index (χ1n) is 7.68. The number of ether oxygens (including phenoxy) is 1. The van der Waals surface area contributed by atoms with Gasteiger partial charge >= 0.3 is 5.97 Å². The topological polar surface area (TPSA) is 26.3 Å². The van der Waals surface area contributed by atoms with E-state index < -0.39 is 4.27 Å². The van der Waals surface area contributed by atoms with Gasteiger partial charge in [0.15, 0.2) is 4.27 Å². The largest absolute Gasteiger partial charge is 0.439 e. The van der Waals surface area contributed by atoms with Gasteiger partial charge in [0.2, 0.25) is 0 Å². The SMILES string of the molecule is CCCCCCCCCCCC(=O)OC(S)(S)CC. The van der Waals surface area contributed by atoms with E-state index in [0.29, 0.717) is 12.8 Å². The summed E-state index contributed by atoms with van der Waals surface area (Å²) in [5, 5.41) is 0. The Balaban J connectivity index is 3.32. The highest BCUT2D eigenvalue weighted by atomic mass is 32.2. The molecule has 0 aliphatic heterocycles. The molecule has 0 rings (SSSR count). The minimum atomic E-state index is -0.906. The van der Waals surface area contributed by atoms with Crippen LogP contribution in [0, 0.1) is 0 Å². The normalized spacial score (nSPS) is 11.6. The lowest BCUT2D eigenvalue weighted by molar-refractivity contribution is -0.146. The lowest BCUT2D eigenvalue weighted by Gasteiger charge is -2.20. The average Bonchev–Trinajstić information content (AvgIpc) is 2.36. The van der Waals surface area contributed by atoms with Gasteiger partial charge in [-0.05, 0) is 6.42 Å². The maximum absolute atomic E-state index is 11.5. The Morgan fingerprint density at radius 3 is 1.84 bits per heavy atom. The maximum atomic E-state index is 11.5. The highest BCUT2D eigenvalue weighted by Gasteiger charge is 2.22. The van der Waals surface area contributed by atoms with Gasteiger partial charge in [-0.1, -0.05) is 65.2 Å². The fourth-order valence-electron chi connectivity index (χ4n) is 1.89. The van der Waals surface area contributed by atoms with Crippen molar-refractivity contribution in [2.45, 2.75) is 88.7 Å². The van der Waals surface area contributed by atoms with Gasteiger partial charge in [0.1, 0.15) is 0 Å². The molecule has 114 valence electrons. The number of hydrogen-bond acceptors (Lipinski definition) is 4. The van der Waals surface area contributed by atoms with E-state index in [9.17, 15) is 4.79 Å². The Hall–Kier alpha value is 0.170. The van der Waals surface area contributed by atoms with E-state index in [2.05, 4.69) is 32.2 Å². The van der Waals surface area contributed by atoms with Crippen molar-refractivity contribution in [3.63, 3.8) is 0 Å². The first-order valence-corrected chi connectivity index (χ1v) is 8.58. The molecule has 0 saturated heterocycles. The molecule has 0 amide bonds. The molecule has 0 aliphatic rings. The minimum Gasteiger partial charge on any atom is -0.439 e. The van der Waals surface area contributed by atoms with Crippen LogP contribution in [0.5, 0.6) is 0 Å². The number of esters is 1. The van der Waals surface area contributed by atoms with E-state index in [4.69, 9.17) is 4.74 Å². The van der Waals surface area contributed by atoms with Gasteiger partial charge in [-0.25, -0.2) is 0 Å². The van der Waals surface area contributed by atoms with Crippen LogP contribution in [-0.4, -0.2) is 10.2 Å². The van der Waals surface area contributed by atoms with Crippen LogP contribution < -0.4 is 0 Å².